The molecule has 2 rings (SSSR count). The summed E-state index contributed by atoms with van der Waals surface area (Å²) in [6.07, 6.45) is -0.108. The van der Waals surface area contributed by atoms with Crippen molar-refractivity contribution in [3.8, 4) is 11.6 Å². The van der Waals surface area contributed by atoms with Crippen molar-refractivity contribution < 1.29 is 23.8 Å². The van der Waals surface area contributed by atoms with Crippen LogP contribution in [0.2, 0.25) is 0 Å². The Balaban J connectivity index is 2.39. The number of alkyl carbamates (subject to hydrolysis) is 1. The van der Waals surface area contributed by atoms with E-state index in [1.54, 1.807) is 59.9 Å². The Morgan fingerprint density at radius 2 is 1.49 bits per heavy atom. The molecular weight excluding hydrogens is 448 g/mol. The molecule has 0 atom stereocenters. The van der Waals surface area contributed by atoms with Crippen LogP contribution in [0.15, 0.2) is 47.6 Å². The Morgan fingerprint density at radius 1 is 0.857 bits per heavy atom. The number of hydrogen-bond acceptors (Lipinski definition) is 6. The average molecular weight is 485 g/mol. The number of nitrogens with one attached hydrogen (secondary N) is 2. The number of benzene rings is 1. The van der Waals surface area contributed by atoms with E-state index in [-0.39, 0.29) is 17.3 Å². The number of carbonyl (C=O) groups is 2. The number of anilines is 1. The van der Waals surface area contributed by atoms with Crippen molar-refractivity contribution in [3.63, 3.8) is 0 Å². The van der Waals surface area contributed by atoms with Gasteiger partial charge in [-0.1, -0.05) is 39.0 Å². The van der Waals surface area contributed by atoms with E-state index < -0.39 is 23.4 Å². The molecule has 0 fully saturated rings. The van der Waals surface area contributed by atoms with Crippen LogP contribution in [0.5, 0.6) is 11.6 Å². The van der Waals surface area contributed by atoms with E-state index in [0.717, 1.165) is 5.56 Å². The Hall–Kier alpha value is -3.62. The summed E-state index contributed by atoms with van der Waals surface area (Å²) >= 11 is 0. The van der Waals surface area contributed by atoms with Crippen molar-refractivity contribution in [1.82, 2.24) is 10.3 Å². The van der Waals surface area contributed by atoms with Gasteiger partial charge in [0.05, 0.1) is 0 Å². The minimum Gasteiger partial charge on any atom is -0.444 e. The second-order valence-corrected chi connectivity index (χ2v) is 10.9. The van der Waals surface area contributed by atoms with Crippen molar-refractivity contribution in [3.05, 3.63) is 48.2 Å². The van der Waals surface area contributed by atoms with Gasteiger partial charge in [0.2, 0.25) is 11.8 Å². The van der Waals surface area contributed by atoms with Gasteiger partial charge in [-0.3, -0.25) is 5.32 Å². The zero-order valence-corrected chi connectivity index (χ0v) is 22.0. The topological polar surface area (TPSA) is 111 Å². The molecule has 1 aromatic heterocycles. The number of aliphatic imine (C=N–C) groups is 1. The molecule has 0 saturated heterocycles. The van der Waals surface area contributed by atoms with Crippen molar-refractivity contribution in [2.24, 2.45) is 4.99 Å². The lowest BCUT2D eigenvalue weighted by Gasteiger charge is -2.23. The first-order valence-corrected chi connectivity index (χ1v) is 11.3. The highest BCUT2D eigenvalue weighted by molar-refractivity contribution is 6.06. The molecule has 0 unspecified atom stereocenters. The molecular formula is C26H36N4O5. The number of amides is 2. The predicted molar refractivity (Wildman–Crippen MR) is 136 cm³/mol. The molecule has 9 nitrogen and oxygen atoms in total. The lowest BCUT2D eigenvalue weighted by atomic mass is 9.86. The Kier molecular flexibility index (Phi) is 8.49. The van der Waals surface area contributed by atoms with Gasteiger partial charge in [0.15, 0.2) is 0 Å². The van der Waals surface area contributed by atoms with Crippen molar-refractivity contribution in [2.75, 3.05) is 5.32 Å². The van der Waals surface area contributed by atoms with Crippen LogP contribution >= 0.6 is 0 Å². The van der Waals surface area contributed by atoms with Gasteiger partial charge in [0, 0.05) is 11.8 Å². The van der Waals surface area contributed by atoms with Crippen LogP contribution in [0.3, 0.4) is 0 Å². The first kappa shape index (κ1) is 27.6. The molecule has 0 aliphatic carbocycles. The number of nitrogens with zero attached hydrogens (tertiary/aromatic N) is 2. The third-order valence-corrected chi connectivity index (χ3v) is 4.14. The maximum absolute atomic E-state index is 12.4. The van der Waals surface area contributed by atoms with Crippen LogP contribution in [0.4, 0.5) is 15.3 Å². The standard InChI is InChI=1S/C26H36N4O5/c1-24(2,3)17-13-10-11-15-19(17)33-20-18(14-12-16-27-20)28-21(29-22(31)34-25(4,5)6)30-23(32)35-26(7,8)9/h10-16H,1-9H3,(H2,28,29,30,31,32). The first-order valence-electron chi connectivity index (χ1n) is 11.3. The number of pyridine rings is 1. The Labute approximate surface area is 207 Å². The fraction of sp³-hybridized carbons (Fsp3) is 0.462. The number of aromatic nitrogens is 1. The van der Waals surface area contributed by atoms with Crippen LogP contribution in [-0.4, -0.2) is 34.3 Å². The summed E-state index contributed by atoms with van der Waals surface area (Å²) in [4.78, 5) is 33.0. The zero-order chi connectivity index (χ0) is 26.4. The van der Waals surface area contributed by atoms with Gasteiger partial charge in [-0.25, -0.2) is 14.6 Å². The van der Waals surface area contributed by atoms with Crippen molar-refractivity contribution in [1.29, 1.82) is 0 Å². The van der Waals surface area contributed by atoms with E-state index in [1.165, 1.54) is 0 Å². The summed E-state index contributed by atoms with van der Waals surface area (Å²) in [6.45, 7) is 16.6. The van der Waals surface area contributed by atoms with Crippen LogP contribution < -0.4 is 15.4 Å². The lowest BCUT2D eigenvalue weighted by Crippen LogP contribution is -2.40. The fourth-order valence-electron chi connectivity index (χ4n) is 2.84. The van der Waals surface area contributed by atoms with Crippen molar-refractivity contribution in [2.45, 2.75) is 78.9 Å². The third-order valence-electron chi connectivity index (χ3n) is 4.14. The predicted octanol–water partition coefficient (Wildman–Crippen LogP) is 6.40. The quantitative estimate of drug-likeness (QED) is 0.383. The number of hydrogen-bond donors (Lipinski definition) is 2. The number of guanidine groups is 1. The van der Waals surface area contributed by atoms with E-state index in [0.29, 0.717) is 11.4 Å². The maximum Gasteiger partial charge on any atom is 0.437 e. The molecule has 0 aliphatic heterocycles. The van der Waals surface area contributed by atoms with E-state index in [9.17, 15) is 9.59 Å². The highest BCUT2D eigenvalue weighted by atomic mass is 16.6. The summed E-state index contributed by atoms with van der Waals surface area (Å²) in [5.74, 6) is 0.662. The fourth-order valence-corrected chi connectivity index (χ4v) is 2.84. The Morgan fingerprint density at radius 3 is 2.09 bits per heavy atom. The van der Waals surface area contributed by atoms with Crippen molar-refractivity contribution >= 4 is 23.8 Å². The second-order valence-electron chi connectivity index (χ2n) is 10.9. The third kappa shape index (κ3) is 9.64. The summed E-state index contributed by atoms with van der Waals surface area (Å²) in [7, 11) is 0. The molecule has 2 amide bonds. The van der Waals surface area contributed by atoms with Crippen LogP contribution in [0.1, 0.15) is 67.9 Å². The molecule has 190 valence electrons. The highest BCUT2D eigenvalue weighted by Gasteiger charge is 2.23. The summed E-state index contributed by atoms with van der Waals surface area (Å²) in [6, 6.07) is 11.0. The molecule has 2 aromatic rings. The van der Waals surface area contributed by atoms with E-state index in [2.05, 4.69) is 41.4 Å². The minimum absolute atomic E-state index is 0.166. The number of ether oxygens (including phenoxy) is 3. The average Bonchev–Trinajstić information content (AvgIpc) is 2.66. The van der Waals surface area contributed by atoms with Gasteiger partial charge in [0.25, 0.3) is 0 Å². The van der Waals surface area contributed by atoms with E-state index in [4.69, 9.17) is 14.2 Å². The lowest BCUT2D eigenvalue weighted by molar-refractivity contribution is 0.0562. The molecule has 2 N–H and O–H groups in total. The summed E-state index contributed by atoms with van der Waals surface area (Å²) in [5.41, 5.74) is -0.321. The van der Waals surface area contributed by atoms with Gasteiger partial charge in [0.1, 0.15) is 22.6 Å². The molecule has 1 aromatic carbocycles. The molecule has 9 heteroatoms. The SMILES string of the molecule is CC(C)(C)OC(=O)/N=C(/NC(=O)OC(C)(C)C)Nc1cccnc1Oc1ccccc1C(C)(C)C. The molecule has 35 heavy (non-hydrogen) atoms. The first-order chi connectivity index (χ1) is 16.0. The van der Waals surface area contributed by atoms with Crippen LogP contribution in [0, 0.1) is 0 Å². The highest BCUT2D eigenvalue weighted by Crippen LogP contribution is 2.35. The van der Waals surface area contributed by atoms with Gasteiger partial charge in [-0.15, -0.1) is 4.99 Å². The molecule has 0 bridgehead atoms. The smallest absolute Gasteiger partial charge is 0.437 e. The van der Waals surface area contributed by atoms with E-state index >= 15 is 0 Å². The van der Waals surface area contributed by atoms with Gasteiger partial charge >= 0.3 is 12.2 Å². The second kappa shape index (κ2) is 10.8. The van der Waals surface area contributed by atoms with E-state index in [1.807, 2.05) is 24.3 Å². The monoisotopic (exact) mass is 484 g/mol. The van der Waals surface area contributed by atoms with Gasteiger partial charge < -0.3 is 19.5 Å². The largest absolute Gasteiger partial charge is 0.444 e. The van der Waals surface area contributed by atoms with Crippen LogP contribution in [0.25, 0.3) is 0 Å². The molecule has 0 saturated carbocycles. The molecule has 1 heterocycles. The summed E-state index contributed by atoms with van der Waals surface area (Å²) < 4.78 is 16.7. The molecule has 0 aliphatic rings. The molecule has 0 spiro atoms. The van der Waals surface area contributed by atoms with Gasteiger partial charge in [-0.05, 0) is 65.2 Å². The normalized spacial score (nSPS) is 12.5. The minimum atomic E-state index is -0.888. The zero-order valence-electron chi connectivity index (χ0n) is 22.0. The number of para-hydroxylation sites is 1. The molecule has 0 radical (unpaired) electrons. The Bertz CT molecular complexity index is 1080. The maximum atomic E-state index is 12.4. The summed E-state index contributed by atoms with van der Waals surface area (Å²) in [5, 5.41) is 5.37. The van der Waals surface area contributed by atoms with Crippen LogP contribution in [-0.2, 0) is 14.9 Å². The number of carbonyl (C=O) groups excluding carboxylic acids is 2. The number of rotatable bonds is 3. The van der Waals surface area contributed by atoms with Gasteiger partial charge in [-0.2, -0.15) is 0 Å².